The van der Waals surface area contributed by atoms with E-state index in [1.54, 1.807) is 6.20 Å². The van der Waals surface area contributed by atoms with Crippen molar-refractivity contribution in [2.24, 2.45) is 5.92 Å². The number of aromatic nitrogens is 1. The fraction of sp³-hybridized carbons (Fsp3) is 0.643. The molecule has 0 radical (unpaired) electrons. The molecule has 0 amide bonds. The van der Waals surface area contributed by atoms with Crippen LogP contribution in [0.1, 0.15) is 33.6 Å². The van der Waals surface area contributed by atoms with E-state index in [-0.39, 0.29) is 6.10 Å². The van der Waals surface area contributed by atoms with Gasteiger partial charge < -0.3 is 15.7 Å². The van der Waals surface area contributed by atoms with Crippen molar-refractivity contribution < 1.29 is 5.11 Å². The summed E-state index contributed by atoms with van der Waals surface area (Å²) in [6.45, 7) is 7.85. The van der Waals surface area contributed by atoms with Crippen LogP contribution in [0.25, 0.3) is 0 Å². The molecule has 1 aromatic rings. The summed E-state index contributed by atoms with van der Waals surface area (Å²) in [5, 5.41) is 16.3. The molecule has 3 N–H and O–H groups in total. The first-order valence-corrected chi connectivity index (χ1v) is 6.73. The lowest BCUT2D eigenvalue weighted by atomic mass is 10.1. The highest BCUT2D eigenvalue weighted by Crippen LogP contribution is 2.13. The third kappa shape index (κ3) is 5.87. The van der Waals surface area contributed by atoms with E-state index in [0.717, 1.165) is 30.9 Å². The van der Waals surface area contributed by atoms with Crippen LogP contribution >= 0.6 is 0 Å². The van der Waals surface area contributed by atoms with Gasteiger partial charge in [-0.2, -0.15) is 0 Å². The van der Waals surface area contributed by atoms with Gasteiger partial charge in [0.1, 0.15) is 5.82 Å². The number of rotatable bonds is 8. The Balaban J connectivity index is 2.41. The number of nitrogens with zero attached hydrogens (tertiary/aromatic N) is 1. The number of hydrogen-bond donors (Lipinski definition) is 3. The van der Waals surface area contributed by atoms with Crippen molar-refractivity contribution in [1.29, 1.82) is 0 Å². The molecular formula is C14H25N3O. The van der Waals surface area contributed by atoms with Gasteiger partial charge in [0.15, 0.2) is 0 Å². The van der Waals surface area contributed by atoms with Crippen LogP contribution in [0.5, 0.6) is 0 Å². The van der Waals surface area contributed by atoms with E-state index in [1.165, 1.54) is 0 Å². The molecule has 1 rings (SSSR count). The molecule has 0 saturated heterocycles. The molecular weight excluding hydrogens is 226 g/mol. The number of hydrogen-bond acceptors (Lipinski definition) is 4. The lowest BCUT2D eigenvalue weighted by molar-refractivity contribution is 0.161. The summed E-state index contributed by atoms with van der Waals surface area (Å²) in [6.07, 6.45) is 3.37. The van der Waals surface area contributed by atoms with Gasteiger partial charge >= 0.3 is 0 Å². The summed E-state index contributed by atoms with van der Waals surface area (Å²) < 4.78 is 0. The lowest BCUT2D eigenvalue weighted by Crippen LogP contribution is -2.21. The summed E-state index contributed by atoms with van der Waals surface area (Å²) in [4.78, 5) is 4.24. The van der Waals surface area contributed by atoms with Gasteiger partial charge in [-0.15, -0.1) is 0 Å². The molecule has 1 heterocycles. The molecule has 1 unspecified atom stereocenters. The van der Waals surface area contributed by atoms with Gasteiger partial charge in [0, 0.05) is 31.0 Å². The second-order valence-electron chi connectivity index (χ2n) is 5.02. The van der Waals surface area contributed by atoms with Gasteiger partial charge in [0.25, 0.3) is 0 Å². The summed E-state index contributed by atoms with van der Waals surface area (Å²) in [5.41, 5.74) is 0.992. The third-order valence-corrected chi connectivity index (χ3v) is 2.60. The highest BCUT2D eigenvalue weighted by molar-refractivity contribution is 5.51. The van der Waals surface area contributed by atoms with E-state index in [0.29, 0.717) is 12.5 Å². The summed E-state index contributed by atoms with van der Waals surface area (Å²) >= 11 is 0. The quantitative estimate of drug-likeness (QED) is 0.665. The zero-order valence-corrected chi connectivity index (χ0v) is 11.6. The molecule has 0 aliphatic rings. The standard InChI is InChI=1S/C14H25N3O/c1-4-6-15-14-9-12(5-7-16-14)17-10-13(18)8-11(2)3/h5,7,9,11,13,18H,4,6,8,10H2,1-3H3,(H2,15,16,17). The molecule has 0 aromatic carbocycles. The van der Waals surface area contributed by atoms with Gasteiger partial charge in [-0.25, -0.2) is 4.98 Å². The van der Waals surface area contributed by atoms with Crippen molar-refractivity contribution in [3.63, 3.8) is 0 Å². The SMILES string of the molecule is CCCNc1cc(NCC(O)CC(C)C)ccn1. The van der Waals surface area contributed by atoms with E-state index in [4.69, 9.17) is 0 Å². The van der Waals surface area contributed by atoms with Gasteiger partial charge in [0.05, 0.1) is 6.10 Å². The Labute approximate surface area is 110 Å². The molecule has 4 heteroatoms. The van der Waals surface area contributed by atoms with E-state index in [1.807, 2.05) is 12.1 Å². The minimum atomic E-state index is -0.301. The zero-order chi connectivity index (χ0) is 13.4. The van der Waals surface area contributed by atoms with Gasteiger partial charge in [-0.3, -0.25) is 0 Å². The van der Waals surface area contributed by atoms with Crippen molar-refractivity contribution in [2.75, 3.05) is 23.7 Å². The zero-order valence-electron chi connectivity index (χ0n) is 11.6. The Morgan fingerprint density at radius 3 is 2.78 bits per heavy atom. The second kappa shape index (κ2) is 7.93. The Morgan fingerprint density at radius 2 is 2.11 bits per heavy atom. The van der Waals surface area contributed by atoms with Crippen LogP contribution in [0.4, 0.5) is 11.5 Å². The molecule has 102 valence electrons. The third-order valence-electron chi connectivity index (χ3n) is 2.60. The minimum Gasteiger partial charge on any atom is -0.391 e. The monoisotopic (exact) mass is 251 g/mol. The molecule has 0 aliphatic heterocycles. The van der Waals surface area contributed by atoms with E-state index in [2.05, 4.69) is 36.4 Å². The van der Waals surface area contributed by atoms with Crippen molar-refractivity contribution >= 4 is 11.5 Å². The summed E-state index contributed by atoms with van der Waals surface area (Å²) in [7, 11) is 0. The highest BCUT2D eigenvalue weighted by atomic mass is 16.3. The first kappa shape index (κ1) is 14.8. The maximum Gasteiger partial charge on any atom is 0.127 e. The Hall–Kier alpha value is -1.29. The van der Waals surface area contributed by atoms with Gasteiger partial charge in [0.2, 0.25) is 0 Å². The Kier molecular flexibility index (Phi) is 6.50. The Morgan fingerprint density at radius 1 is 1.33 bits per heavy atom. The Bertz CT molecular complexity index is 342. The fourth-order valence-corrected chi connectivity index (χ4v) is 1.75. The van der Waals surface area contributed by atoms with Crippen LogP contribution in [-0.4, -0.2) is 29.3 Å². The smallest absolute Gasteiger partial charge is 0.127 e. The molecule has 0 fully saturated rings. The topological polar surface area (TPSA) is 57.2 Å². The van der Waals surface area contributed by atoms with E-state index in [9.17, 15) is 5.11 Å². The van der Waals surface area contributed by atoms with Crippen LogP contribution in [0, 0.1) is 5.92 Å². The largest absolute Gasteiger partial charge is 0.391 e. The number of nitrogens with one attached hydrogen (secondary N) is 2. The second-order valence-corrected chi connectivity index (χ2v) is 5.02. The van der Waals surface area contributed by atoms with Crippen molar-refractivity contribution in [2.45, 2.75) is 39.7 Å². The first-order chi connectivity index (χ1) is 8.61. The highest BCUT2D eigenvalue weighted by Gasteiger charge is 2.06. The van der Waals surface area contributed by atoms with Crippen molar-refractivity contribution in [3.8, 4) is 0 Å². The molecule has 0 spiro atoms. The molecule has 1 aromatic heterocycles. The normalized spacial score (nSPS) is 12.5. The van der Waals surface area contributed by atoms with Crippen LogP contribution in [0.2, 0.25) is 0 Å². The summed E-state index contributed by atoms with van der Waals surface area (Å²) in [5.74, 6) is 1.39. The number of anilines is 2. The number of aliphatic hydroxyl groups is 1. The average molecular weight is 251 g/mol. The van der Waals surface area contributed by atoms with Crippen LogP contribution < -0.4 is 10.6 Å². The van der Waals surface area contributed by atoms with E-state index < -0.39 is 0 Å². The predicted molar refractivity (Wildman–Crippen MR) is 77.0 cm³/mol. The van der Waals surface area contributed by atoms with E-state index >= 15 is 0 Å². The number of pyridine rings is 1. The molecule has 0 saturated carbocycles. The lowest BCUT2D eigenvalue weighted by Gasteiger charge is -2.15. The van der Waals surface area contributed by atoms with Gasteiger partial charge in [-0.05, 0) is 24.8 Å². The molecule has 18 heavy (non-hydrogen) atoms. The van der Waals surface area contributed by atoms with Crippen molar-refractivity contribution in [3.05, 3.63) is 18.3 Å². The fourth-order valence-electron chi connectivity index (χ4n) is 1.75. The van der Waals surface area contributed by atoms with Crippen LogP contribution in [0.15, 0.2) is 18.3 Å². The summed E-state index contributed by atoms with van der Waals surface area (Å²) in [6, 6.07) is 3.89. The maximum absolute atomic E-state index is 9.80. The number of aliphatic hydroxyl groups excluding tert-OH is 1. The van der Waals surface area contributed by atoms with Crippen LogP contribution in [-0.2, 0) is 0 Å². The average Bonchev–Trinajstić information content (AvgIpc) is 2.33. The van der Waals surface area contributed by atoms with Crippen LogP contribution in [0.3, 0.4) is 0 Å². The first-order valence-electron chi connectivity index (χ1n) is 6.73. The van der Waals surface area contributed by atoms with Crippen molar-refractivity contribution in [1.82, 2.24) is 4.98 Å². The molecule has 0 aliphatic carbocycles. The molecule has 0 bridgehead atoms. The minimum absolute atomic E-state index is 0.301. The van der Waals surface area contributed by atoms with Gasteiger partial charge in [-0.1, -0.05) is 20.8 Å². The maximum atomic E-state index is 9.80. The molecule has 4 nitrogen and oxygen atoms in total. The molecule has 1 atom stereocenters. The predicted octanol–water partition coefficient (Wildman–Crippen LogP) is 2.72.